The Kier molecular flexibility index (Phi) is 3.12. The van der Waals surface area contributed by atoms with Gasteiger partial charge in [0, 0.05) is 29.5 Å². The molecule has 4 rings (SSSR count). The van der Waals surface area contributed by atoms with Gasteiger partial charge in [0.2, 0.25) is 5.95 Å². The van der Waals surface area contributed by atoms with Crippen molar-refractivity contribution in [1.82, 2.24) is 19.9 Å². The zero-order chi connectivity index (χ0) is 15.6. The zero-order valence-electron chi connectivity index (χ0n) is 12.1. The Labute approximate surface area is 131 Å². The fourth-order valence-electron chi connectivity index (χ4n) is 2.44. The van der Waals surface area contributed by atoms with E-state index in [9.17, 15) is 5.11 Å². The number of para-hydroxylation sites is 2. The fourth-order valence-corrected chi connectivity index (χ4v) is 2.44. The summed E-state index contributed by atoms with van der Waals surface area (Å²) >= 11 is 0. The molecule has 3 heterocycles. The Morgan fingerprint density at radius 3 is 2.78 bits per heavy atom. The van der Waals surface area contributed by atoms with Gasteiger partial charge in [-0.1, -0.05) is 12.1 Å². The molecule has 0 saturated carbocycles. The van der Waals surface area contributed by atoms with Crippen LogP contribution in [0.15, 0.2) is 61.1 Å². The van der Waals surface area contributed by atoms with Crippen LogP contribution in [0.25, 0.3) is 22.3 Å². The number of pyridine rings is 1. The quantitative estimate of drug-likeness (QED) is 0.504. The number of rotatable bonds is 3. The number of nitrogens with one attached hydrogen (secondary N) is 2. The molecule has 3 aromatic heterocycles. The number of hydrogen-bond acceptors (Lipinski definition) is 5. The number of phenols is 1. The lowest BCUT2D eigenvalue weighted by Crippen LogP contribution is -1.97. The van der Waals surface area contributed by atoms with Crippen molar-refractivity contribution in [3.8, 4) is 17.0 Å². The van der Waals surface area contributed by atoms with E-state index in [0.29, 0.717) is 11.6 Å². The van der Waals surface area contributed by atoms with Gasteiger partial charge >= 0.3 is 0 Å². The molecule has 3 N–H and O–H groups in total. The number of H-pyrrole nitrogens is 1. The van der Waals surface area contributed by atoms with Gasteiger partial charge in [0.25, 0.3) is 0 Å². The number of benzene rings is 1. The molecule has 0 aliphatic rings. The van der Waals surface area contributed by atoms with Crippen molar-refractivity contribution in [3.05, 3.63) is 61.1 Å². The lowest BCUT2D eigenvalue weighted by Gasteiger charge is -2.07. The molecule has 0 spiro atoms. The topological polar surface area (TPSA) is 86.7 Å². The van der Waals surface area contributed by atoms with Crippen molar-refractivity contribution in [3.63, 3.8) is 0 Å². The molecule has 23 heavy (non-hydrogen) atoms. The van der Waals surface area contributed by atoms with E-state index in [0.717, 1.165) is 22.3 Å². The molecule has 6 heteroatoms. The first kappa shape index (κ1) is 13.3. The SMILES string of the molecule is Oc1ccccc1Nc1nccc(-c2c[nH]c3ncccc23)n1. The summed E-state index contributed by atoms with van der Waals surface area (Å²) in [6.45, 7) is 0. The Morgan fingerprint density at radius 1 is 0.957 bits per heavy atom. The molecule has 0 amide bonds. The number of anilines is 2. The summed E-state index contributed by atoms with van der Waals surface area (Å²) in [5.41, 5.74) is 3.11. The third kappa shape index (κ3) is 2.46. The van der Waals surface area contributed by atoms with Gasteiger partial charge < -0.3 is 15.4 Å². The highest BCUT2D eigenvalue weighted by Crippen LogP contribution is 2.28. The van der Waals surface area contributed by atoms with Gasteiger partial charge in [0.15, 0.2) is 0 Å². The van der Waals surface area contributed by atoms with Crippen LogP contribution in [-0.4, -0.2) is 25.0 Å². The van der Waals surface area contributed by atoms with Gasteiger partial charge in [-0.2, -0.15) is 0 Å². The molecule has 0 saturated heterocycles. The van der Waals surface area contributed by atoms with E-state index in [1.165, 1.54) is 0 Å². The normalized spacial score (nSPS) is 10.8. The molecule has 1 aromatic carbocycles. The lowest BCUT2D eigenvalue weighted by molar-refractivity contribution is 0.477. The van der Waals surface area contributed by atoms with Crippen molar-refractivity contribution in [2.75, 3.05) is 5.32 Å². The number of nitrogens with zero attached hydrogens (tertiary/aromatic N) is 3. The van der Waals surface area contributed by atoms with E-state index < -0.39 is 0 Å². The molecule has 112 valence electrons. The molecular formula is C17H13N5O. The monoisotopic (exact) mass is 303 g/mol. The molecular weight excluding hydrogens is 290 g/mol. The molecule has 0 aliphatic carbocycles. The number of aromatic hydroxyl groups is 1. The first-order chi connectivity index (χ1) is 11.3. The van der Waals surface area contributed by atoms with Crippen LogP contribution in [0, 0.1) is 0 Å². The first-order valence-electron chi connectivity index (χ1n) is 7.12. The Balaban J connectivity index is 1.73. The number of aromatic amines is 1. The number of hydrogen-bond donors (Lipinski definition) is 3. The summed E-state index contributed by atoms with van der Waals surface area (Å²) in [5.74, 6) is 0.569. The van der Waals surface area contributed by atoms with Gasteiger partial charge in [0.1, 0.15) is 11.4 Å². The van der Waals surface area contributed by atoms with Gasteiger partial charge in [0.05, 0.1) is 11.4 Å². The molecule has 0 atom stereocenters. The van der Waals surface area contributed by atoms with E-state index >= 15 is 0 Å². The summed E-state index contributed by atoms with van der Waals surface area (Å²) in [5, 5.41) is 13.9. The van der Waals surface area contributed by atoms with Crippen LogP contribution in [0.2, 0.25) is 0 Å². The van der Waals surface area contributed by atoms with Crippen LogP contribution < -0.4 is 5.32 Å². The highest BCUT2D eigenvalue weighted by atomic mass is 16.3. The summed E-state index contributed by atoms with van der Waals surface area (Å²) in [4.78, 5) is 16.1. The van der Waals surface area contributed by atoms with Crippen molar-refractivity contribution in [1.29, 1.82) is 0 Å². The number of fused-ring (bicyclic) bond motifs is 1. The maximum atomic E-state index is 9.84. The molecule has 0 bridgehead atoms. The Morgan fingerprint density at radius 2 is 1.87 bits per heavy atom. The molecule has 4 aromatic rings. The Bertz CT molecular complexity index is 979. The van der Waals surface area contributed by atoms with Crippen LogP contribution in [-0.2, 0) is 0 Å². The summed E-state index contributed by atoms with van der Waals surface area (Å²) < 4.78 is 0. The molecule has 6 nitrogen and oxygen atoms in total. The van der Waals surface area contributed by atoms with Crippen molar-refractivity contribution in [2.24, 2.45) is 0 Å². The van der Waals surface area contributed by atoms with Crippen LogP contribution in [0.5, 0.6) is 5.75 Å². The van der Waals surface area contributed by atoms with Crippen molar-refractivity contribution >= 4 is 22.7 Å². The van der Waals surface area contributed by atoms with E-state index in [1.807, 2.05) is 30.5 Å². The average Bonchev–Trinajstić information content (AvgIpc) is 3.01. The summed E-state index contributed by atoms with van der Waals surface area (Å²) in [6.07, 6.45) is 5.30. The molecule has 0 unspecified atom stereocenters. The maximum absolute atomic E-state index is 9.84. The predicted molar refractivity (Wildman–Crippen MR) is 88.5 cm³/mol. The van der Waals surface area contributed by atoms with E-state index in [2.05, 4.69) is 25.3 Å². The average molecular weight is 303 g/mol. The second-order valence-electron chi connectivity index (χ2n) is 5.01. The van der Waals surface area contributed by atoms with Crippen molar-refractivity contribution < 1.29 is 5.11 Å². The lowest BCUT2D eigenvalue weighted by atomic mass is 10.1. The standard InChI is InChI=1S/C17H13N5O/c23-15-6-2-1-5-14(15)22-17-19-9-7-13(21-17)12-10-20-16-11(12)4-3-8-18-16/h1-10,23H,(H,18,20)(H,19,21,22). The van der Waals surface area contributed by atoms with E-state index in [1.54, 1.807) is 30.6 Å². The van der Waals surface area contributed by atoms with Gasteiger partial charge in [-0.15, -0.1) is 0 Å². The predicted octanol–water partition coefficient (Wildman–Crippen LogP) is 3.47. The van der Waals surface area contributed by atoms with Crippen molar-refractivity contribution in [2.45, 2.75) is 0 Å². The van der Waals surface area contributed by atoms with Crippen LogP contribution in [0.3, 0.4) is 0 Å². The number of phenolic OH excluding ortho intramolecular Hbond substituents is 1. The fraction of sp³-hybridized carbons (Fsp3) is 0. The molecule has 0 fully saturated rings. The third-order valence-electron chi connectivity index (χ3n) is 3.53. The van der Waals surface area contributed by atoms with Crippen LogP contribution in [0.1, 0.15) is 0 Å². The van der Waals surface area contributed by atoms with Crippen LogP contribution >= 0.6 is 0 Å². The Hall–Kier alpha value is -3.41. The van der Waals surface area contributed by atoms with E-state index in [4.69, 9.17) is 0 Å². The minimum absolute atomic E-state index is 0.151. The largest absolute Gasteiger partial charge is 0.506 e. The van der Waals surface area contributed by atoms with Gasteiger partial charge in [-0.25, -0.2) is 15.0 Å². The van der Waals surface area contributed by atoms with E-state index in [-0.39, 0.29) is 5.75 Å². The molecule has 0 aliphatic heterocycles. The summed E-state index contributed by atoms with van der Waals surface area (Å²) in [7, 11) is 0. The number of aromatic nitrogens is 4. The third-order valence-corrected chi connectivity index (χ3v) is 3.53. The smallest absolute Gasteiger partial charge is 0.227 e. The molecule has 0 radical (unpaired) electrons. The zero-order valence-corrected chi connectivity index (χ0v) is 12.1. The second kappa shape index (κ2) is 5.42. The first-order valence-corrected chi connectivity index (χ1v) is 7.12. The maximum Gasteiger partial charge on any atom is 0.227 e. The highest BCUT2D eigenvalue weighted by Gasteiger charge is 2.09. The minimum atomic E-state index is 0.151. The second-order valence-corrected chi connectivity index (χ2v) is 5.01. The van der Waals surface area contributed by atoms with Crippen LogP contribution in [0.4, 0.5) is 11.6 Å². The van der Waals surface area contributed by atoms with Gasteiger partial charge in [-0.3, -0.25) is 0 Å². The highest BCUT2D eigenvalue weighted by molar-refractivity contribution is 5.92. The van der Waals surface area contributed by atoms with Gasteiger partial charge in [-0.05, 0) is 30.3 Å². The minimum Gasteiger partial charge on any atom is -0.506 e. The summed E-state index contributed by atoms with van der Waals surface area (Å²) in [6, 6.07) is 12.7.